The van der Waals surface area contributed by atoms with Gasteiger partial charge in [0.1, 0.15) is 18.0 Å². The summed E-state index contributed by atoms with van der Waals surface area (Å²) in [5.41, 5.74) is 0.128. The Balaban J connectivity index is 2.19. The lowest BCUT2D eigenvalue weighted by Crippen LogP contribution is -2.27. The summed E-state index contributed by atoms with van der Waals surface area (Å²) < 4.78 is 21.4. The first-order chi connectivity index (χ1) is 11.4. The number of hydrogen-bond donors (Lipinski definition) is 1. The second-order valence-corrected chi connectivity index (χ2v) is 6.71. The normalized spacial score (nSPS) is 11.2. The molecule has 1 aromatic rings. The van der Waals surface area contributed by atoms with Gasteiger partial charge in [0, 0.05) is 11.0 Å². The summed E-state index contributed by atoms with van der Waals surface area (Å²) in [7, 11) is 0. The Bertz CT molecular complexity index is 473. The van der Waals surface area contributed by atoms with Crippen LogP contribution < -0.4 is 10.1 Å². The number of ether oxygens (including phenoxy) is 4. The molecule has 0 bridgehead atoms. The van der Waals surface area contributed by atoms with Crippen LogP contribution in [0.15, 0.2) is 24.3 Å². The van der Waals surface area contributed by atoms with E-state index in [1.54, 1.807) is 24.3 Å². The second kappa shape index (κ2) is 11.3. The Hall–Kier alpha value is -1.31. The predicted molar refractivity (Wildman–Crippen MR) is 97.2 cm³/mol. The predicted octanol–water partition coefficient (Wildman–Crippen LogP) is 3.84. The van der Waals surface area contributed by atoms with Crippen molar-refractivity contribution >= 4 is 27.7 Å². The third kappa shape index (κ3) is 10.5. The van der Waals surface area contributed by atoms with Crippen molar-refractivity contribution in [2.45, 2.75) is 26.4 Å². The van der Waals surface area contributed by atoms with Crippen molar-refractivity contribution in [3.8, 4) is 5.75 Å². The van der Waals surface area contributed by atoms with E-state index in [-0.39, 0.29) is 0 Å². The van der Waals surface area contributed by atoms with Gasteiger partial charge in [0.2, 0.25) is 0 Å². The van der Waals surface area contributed by atoms with Crippen LogP contribution in [0.25, 0.3) is 0 Å². The Morgan fingerprint density at radius 1 is 1.00 bits per heavy atom. The highest BCUT2D eigenvalue weighted by Gasteiger charge is 2.16. The van der Waals surface area contributed by atoms with Crippen molar-refractivity contribution in [2.24, 2.45) is 0 Å². The molecule has 1 rings (SSSR count). The minimum absolute atomic E-state index is 0.456. The fourth-order valence-corrected chi connectivity index (χ4v) is 1.88. The lowest BCUT2D eigenvalue weighted by molar-refractivity contribution is 0.0414. The third-order valence-electron chi connectivity index (χ3n) is 2.59. The van der Waals surface area contributed by atoms with E-state index in [9.17, 15) is 4.79 Å². The number of carbonyl (C=O) groups excluding carboxylic acids is 1. The zero-order valence-electron chi connectivity index (χ0n) is 14.5. The first kappa shape index (κ1) is 20.7. The van der Waals surface area contributed by atoms with Gasteiger partial charge < -0.3 is 18.9 Å². The highest BCUT2D eigenvalue weighted by molar-refractivity contribution is 9.09. The van der Waals surface area contributed by atoms with Gasteiger partial charge in [-0.2, -0.15) is 0 Å². The number of alkyl halides is 1. The van der Waals surface area contributed by atoms with Crippen molar-refractivity contribution in [1.29, 1.82) is 0 Å². The fourth-order valence-electron chi connectivity index (χ4n) is 1.65. The number of benzene rings is 1. The van der Waals surface area contributed by atoms with Crippen molar-refractivity contribution in [3.63, 3.8) is 0 Å². The fraction of sp³-hybridized carbons (Fsp3) is 0.588. The van der Waals surface area contributed by atoms with E-state index in [0.29, 0.717) is 44.5 Å². The Labute approximate surface area is 151 Å². The molecular formula is C17H26BrNO5. The van der Waals surface area contributed by atoms with E-state index in [1.165, 1.54) is 0 Å². The molecule has 6 nitrogen and oxygen atoms in total. The monoisotopic (exact) mass is 403 g/mol. The lowest BCUT2D eigenvalue weighted by Gasteiger charge is -2.19. The first-order valence-electron chi connectivity index (χ1n) is 7.85. The maximum Gasteiger partial charge on any atom is 0.412 e. The average Bonchev–Trinajstić information content (AvgIpc) is 2.49. The molecule has 0 saturated heterocycles. The van der Waals surface area contributed by atoms with Crippen molar-refractivity contribution in [2.75, 3.05) is 43.7 Å². The minimum atomic E-state index is -0.521. The van der Waals surface area contributed by atoms with Crippen molar-refractivity contribution < 1.29 is 23.7 Å². The van der Waals surface area contributed by atoms with Gasteiger partial charge in [-0.05, 0) is 45.0 Å². The molecule has 0 aliphatic heterocycles. The molecule has 0 atom stereocenters. The van der Waals surface area contributed by atoms with Crippen LogP contribution in [0.4, 0.5) is 10.5 Å². The highest BCUT2D eigenvalue weighted by Crippen LogP contribution is 2.17. The van der Waals surface area contributed by atoms with E-state index in [2.05, 4.69) is 21.2 Å². The van der Waals surface area contributed by atoms with Crippen LogP contribution in [0, 0.1) is 0 Å². The molecular weight excluding hydrogens is 378 g/mol. The Morgan fingerprint density at radius 3 is 2.17 bits per heavy atom. The van der Waals surface area contributed by atoms with Crippen LogP contribution in [0.5, 0.6) is 5.75 Å². The number of nitrogens with one attached hydrogen (secondary N) is 1. The molecule has 0 aromatic heterocycles. The molecule has 0 aliphatic carbocycles. The van der Waals surface area contributed by atoms with E-state index < -0.39 is 11.7 Å². The van der Waals surface area contributed by atoms with Gasteiger partial charge in [-0.15, -0.1) is 0 Å². The summed E-state index contributed by atoms with van der Waals surface area (Å²) in [4.78, 5) is 11.7. The number of rotatable bonds is 10. The molecule has 1 amide bonds. The maximum absolute atomic E-state index is 11.7. The molecule has 0 fully saturated rings. The summed E-state index contributed by atoms with van der Waals surface area (Å²) in [5.74, 6) is 0.712. The van der Waals surface area contributed by atoms with E-state index >= 15 is 0 Å². The smallest absolute Gasteiger partial charge is 0.412 e. The zero-order valence-corrected chi connectivity index (χ0v) is 16.1. The highest BCUT2D eigenvalue weighted by atomic mass is 79.9. The minimum Gasteiger partial charge on any atom is -0.491 e. The summed E-state index contributed by atoms with van der Waals surface area (Å²) in [6.45, 7) is 8.22. The molecule has 1 aromatic carbocycles. The standard InChI is InChI=1S/C17H26BrNO5/c1-17(2,3)24-16(20)19-14-4-6-15(7-5-14)23-13-12-22-11-10-21-9-8-18/h4-7H,8-13H2,1-3H3,(H,19,20). The average molecular weight is 404 g/mol. The molecule has 136 valence electrons. The molecule has 7 heteroatoms. The van der Waals surface area contributed by atoms with Crippen LogP contribution >= 0.6 is 15.9 Å². The van der Waals surface area contributed by atoms with Crippen LogP contribution in [-0.2, 0) is 14.2 Å². The van der Waals surface area contributed by atoms with Crippen LogP contribution in [0.1, 0.15) is 20.8 Å². The van der Waals surface area contributed by atoms with Crippen LogP contribution in [-0.4, -0.2) is 50.1 Å². The number of hydrogen-bond acceptors (Lipinski definition) is 5. The first-order valence-corrected chi connectivity index (χ1v) is 8.97. The van der Waals surface area contributed by atoms with Crippen molar-refractivity contribution in [1.82, 2.24) is 0 Å². The maximum atomic E-state index is 11.7. The van der Waals surface area contributed by atoms with E-state index in [4.69, 9.17) is 18.9 Å². The summed E-state index contributed by atoms with van der Waals surface area (Å²) >= 11 is 3.28. The molecule has 1 N–H and O–H groups in total. The molecule has 0 aliphatic rings. The van der Waals surface area contributed by atoms with Gasteiger partial charge in [0.05, 0.1) is 26.4 Å². The third-order valence-corrected chi connectivity index (χ3v) is 2.91. The molecule has 0 heterocycles. The number of halogens is 1. The SMILES string of the molecule is CC(C)(C)OC(=O)Nc1ccc(OCCOCCOCCBr)cc1. The van der Waals surface area contributed by atoms with Gasteiger partial charge in [-0.3, -0.25) is 5.32 Å². The van der Waals surface area contributed by atoms with Gasteiger partial charge in [-0.1, -0.05) is 15.9 Å². The summed E-state index contributed by atoms with van der Waals surface area (Å²) in [6, 6.07) is 7.08. The van der Waals surface area contributed by atoms with Crippen molar-refractivity contribution in [3.05, 3.63) is 24.3 Å². The quantitative estimate of drug-likeness (QED) is 0.474. The largest absolute Gasteiger partial charge is 0.491 e. The lowest BCUT2D eigenvalue weighted by atomic mass is 10.2. The van der Waals surface area contributed by atoms with Gasteiger partial charge in [0.15, 0.2) is 0 Å². The topological polar surface area (TPSA) is 66.0 Å². The number of amides is 1. The van der Waals surface area contributed by atoms with Crippen LogP contribution in [0.3, 0.4) is 0 Å². The Kier molecular flexibility index (Phi) is 9.75. The van der Waals surface area contributed by atoms with Gasteiger partial charge in [-0.25, -0.2) is 4.79 Å². The number of carbonyl (C=O) groups is 1. The molecule has 0 radical (unpaired) electrons. The zero-order chi connectivity index (χ0) is 17.8. The molecule has 0 saturated carbocycles. The van der Waals surface area contributed by atoms with Gasteiger partial charge >= 0.3 is 6.09 Å². The molecule has 24 heavy (non-hydrogen) atoms. The second-order valence-electron chi connectivity index (χ2n) is 5.91. The summed E-state index contributed by atoms with van der Waals surface area (Å²) in [6.07, 6.45) is -0.480. The van der Waals surface area contributed by atoms with Crippen LogP contribution in [0.2, 0.25) is 0 Å². The molecule has 0 unspecified atom stereocenters. The molecule has 0 spiro atoms. The van der Waals surface area contributed by atoms with E-state index in [1.807, 2.05) is 20.8 Å². The summed E-state index contributed by atoms with van der Waals surface area (Å²) in [5, 5.41) is 3.50. The number of anilines is 1. The van der Waals surface area contributed by atoms with E-state index in [0.717, 1.165) is 5.33 Å². The Morgan fingerprint density at radius 2 is 1.58 bits per heavy atom. The van der Waals surface area contributed by atoms with Gasteiger partial charge in [0.25, 0.3) is 0 Å².